The van der Waals surface area contributed by atoms with E-state index in [1.165, 1.54) is 103 Å². The lowest BCUT2D eigenvalue weighted by atomic mass is 10.0. The lowest BCUT2D eigenvalue weighted by molar-refractivity contribution is 0.0756. The Bertz CT molecular complexity index is 236. The second-order valence-corrected chi connectivity index (χ2v) is 7.38. The van der Waals surface area contributed by atoms with E-state index in [9.17, 15) is 0 Å². The van der Waals surface area contributed by atoms with Crippen molar-refractivity contribution in [2.75, 3.05) is 6.61 Å². The molecule has 1 nitrogen and oxygen atoms in total. The Labute approximate surface area is 153 Å². The second kappa shape index (κ2) is 20.7. The average molecular weight is 339 g/mol. The highest BCUT2D eigenvalue weighted by molar-refractivity contribution is 4.79. The molecule has 0 aromatic rings. The molecule has 0 bridgehead atoms. The normalized spacial score (nSPS) is 12.4. The van der Waals surface area contributed by atoms with Crippen LogP contribution in [0.3, 0.4) is 0 Å². The number of hydrogen-bond acceptors (Lipinski definition) is 1. The molecule has 0 saturated carbocycles. The highest BCUT2D eigenvalue weighted by atomic mass is 16.5. The fourth-order valence-electron chi connectivity index (χ4n) is 3.19. The van der Waals surface area contributed by atoms with Crippen LogP contribution in [0.25, 0.3) is 0 Å². The zero-order valence-electron chi connectivity index (χ0n) is 17.0. The van der Waals surface area contributed by atoms with E-state index in [1.54, 1.807) is 0 Å². The van der Waals surface area contributed by atoms with Crippen molar-refractivity contribution in [3.8, 4) is 0 Å². The maximum atomic E-state index is 5.83. The number of rotatable bonds is 20. The molecule has 0 aliphatic carbocycles. The van der Waals surface area contributed by atoms with Crippen LogP contribution in [0.5, 0.6) is 0 Å². The van der Waals surface area contributed by atoms with Crippen LogP contribution >= 0.6 is 0 Å². The first-order valence-electron chi connectivity index (χ1n) is 11.1. The zero-order chi connectivity index (χ0) is 17.7. The van der Waals surface area contributed by atoms with Gasteiger partial charge in [0.1, 0.15) is 0 Å². The molecular formula is C23H46O. The fraction of sp³-hybridized carbons (Fsp3) is 0.913. The van der Waals surface area contributed by atoms with E-state index in [0.29, 0.717) is 0 Å². The Morgan fingerprint density at radius 2 is 1.04 bits per heavy atom. The van der Waals surface area contributed by atoms with Crippen molar-refractivity contribution < 1.29 is 4.74 Å². The third-order valence-corrected chi connectivity index (χ3v) is 4.93. The number of unbranched alkanes of at least 4 members (excludes halogenated alkanes) is 14. The Balaban J connectivity index is 3.17. The van der Waals surface area contributed by atoms with E-state index < -0.39 is 0 Å². The van der Waals surface area contributed by atoms with Crippen molar-refractivity contribution in [3.05, 3.63) is 12.7 Å². The molecule has 0 aromatic heterocycles. The molecule has 0 amide bonds. The van der Waals surface area contributed by atoms with Gasteiger partial charge in [0.2, 0.25) is 0 Å². The maximum absolute atomic E-state index is 5.83. The quantitative estimate of drug-likeness (QED) is 0.160. The molecule has 0 rings (SSSR count). The van der Waals surface area contributed by atoms with Crippen molar-refractivity contribution in [3.63, 3.8) is 0 Å². The molecular weight excluding hydrogens is 292 g/mol. The highest BCUT2D eigenvalue weighted by Crippen LogP contribution is 2.14. The van der Waals surface area contributed by atoms with Crippen LogP contribution in [0.15, 0.2) is 12.7 Å². The fourth-order valence-corrected chi connectivity index (χ4v) is 3.19. The van der Waals surface area contributed by atoms with Crippen LogP contribution in [0.2, 0.25) is 0 Å². The zero-order valence-corrected chi connectivity index (χ0v) is 17.0. The van der Waals surface area contributed by atoms with Crippen LogP contribution in [0.4, 0.5) is 0 Å². The van der Waals surface area contributed by atoms with Crippen molar-refractivity contribution >= 4 is 0 Å². The van der Waals surface area contributed by atoms with E-state index in [0.717, 1.165) is 13.0 Å². The molecule has 1 atom stereocenters. The van der Waals surface area contributed by atoms with Gasteiger partial charge in [-0.15, -0.1) is 6.58 Å². The maximum Gasteiger partial charge on any atom is 0.0753 e. The molecule has 0 N–H and O–H groups in total. The molecule has 0 fully saturated rings. The van der Waals surface area contributed by atoms with E-state index in [4.69, 9.17) is 4.74 Å². The first-order valence-corrected chi connectivity index (χ1v) is 11.1. The standard InChI is InChI=1S/C23H46O/c1-4-7-9-10-11-12-13-14-15-16-17-18-19-20-21-23(6-3)24-22-8-5-2/h6,23H,3-5,7-22H2,1-2H3. The summed E-state index contributed by atoms with van der Waals surface area (Å²) in [7, 11) is 0. The van der Waals surface area contributed by atoms with E-state index in [-0.39, 0.29) is 6.10 Å². The van der Waals surface area contributed by atoms with Gasteiger partial charge in [-0.05, 0) is 12.8 Å². The van der Waals surface area contributed by atoms with Crippen LogP contribution in [-0.4, -0.2) is 12.7 Å². The average Bonchev–Trinajstić information content (AvgIpc) is 2.60. The van der Waals surface area contributed by atoms with Gasteiger partial charge in [-0.3, -0.25) is 0 Å². The van der Waals surface area contributed by atoms with E-state index >= 15 is 0 Å². The first-order chi connectivity index (χ1) is 11.8. The summed E-state index contributed by atoms with van der Waals surface area (Å²) < 4.78 is 5.83. The second-order valence-electron chi connectivity index (χ2n) is 7.38. The SMILES string of the molecule is C=CC(CCCCCCCCCCCCCCCC)OCCCC. The lowest BCUT2D eigenvalue weighted by Crippen LogP contribution is -2.10. The summed E-state index contributed by atoms with van der Waals surface area (Å²) in [5.41, 5.74) is 0. The Morgan fingerprint density at radius 3 is 1.46 bits per heavy atom. The van der Waals surface area contributed by atoms with Gasteiger partial charge in [0.25, 0.3) is 0 Å². The molecule has 0 aliphatic heterocycles. The lowest BCUT2D eigenvalue weighted by Gasteiger charge is -2.13. The van der Waals surface area contributed by atoms with E-state index in [2.05, 4.69) is 20.4 Å². The van der Waals surface area contributed by atoms with Crippen LogP contribution < -0.4 is 0 Å². The van der Waals surface area contributed by atoms with Crippen LogP contribution in [0.1, 0.15) is 123 Å². The Kier molecular flexibility index (Phi) is 20.5. The predicted octanol–water partition coefficient (Wildman–Crippen LogP) is 8.23. The van der Waals surface area contributed by atoms with Crippen LogP contribution in [-0.2, 0) is 4.74 Å². The number of hydrogen-bond donors (Lipinski definition) is 0. The summed E-state index contributed by atoms with van der Waals surface area (Å²) >= 11 is 0. The van der Waals surface area contributed by atoms with Gasteiger partial charge < -0.3 is 4.74 Å². The van der Waals surface area contributed by atoms with E-state index in [1.807, 2.05) is 6.08 Å². The van der Waals surface area contributed by atoms with Crippen LogP contribution in [0, 0.1) is 0 Å². The van der Waals surface area contributed by atoms with Gasteiger partial charge >= 0.3 is 0 Å². The van der Waals surface area contributed by atoms with Gasteiger partial charge in [-0.1, -0.05) is 116 Å². The topological polar surface area (TPSA) is 9.23 Å². The van der Waals surface area contributed by atoms with Gasteiger partial charge in [0, 0.05) is 6.61 Å². The molecule has 144 valence electrons. The molecule has 0 aliphatic rings. The minimum absolute atomic E-state index is 0.286. The molecule has 1 heteroatoms. The summed E-state index contributed by atoms with van der Waals surface area (Å²) in [5.74, 6) is 0. The molecule has 0 aromatic carbocycles. The van der Waals surface area contributed by atoms with Crippen molar-refractivity contribution in [1.29, 1.82) is 0 Å². The van der Waals surface area contributed by atoms with Gasteiger partial charge in [0.05, 0.1) is 6.10 Å². The first kappa shape index (κ1) is 23.7. The molecule has 0 radical (unpaired) electrons. The van der Waals surface area contributed by atoms with Crippen molar-refractivity contribution in [2.24, 2.45) is 0 Å². The Morgan fingerprint density at radius 1 is 0.625 bits per heavy atom. The van der Waals surface area contributed by atoms with Gasteiger partial charge in [0.15, 0.2) is 0 Å². The summed E-state index contributed by atoms with van der Waals surface area (Å²) in [4.78, 5) is 0. The van der Waals surface area contributed by atoms with Crippen molar-refractivity contribution in [2.45, 2.75) is 129 Å². The summed E-state index contributed by atoms with van der Waals surface area (Å²) in [6.07, 6.45) is 25.7. The minimum Gasteiger partial charge on any atom is -0.374 e. The molecule has 1 unspecified atom stereocenters. The molecule has 0 spiro atoms. The summed E-state index contributed by atoms with van der Waals surface area (Å²) in [5, 5.41) is 0. The predicted molar refractivity (Wildman–Crippen MR) is 110 cm³/mol. The largest absolute Gasteiger partial charge is 0.374 e. The Hall–Kier alpha value is -0.300. The smallest absolute Gasteiger partial charge is 0.0753 e. The molecule has 0 heterocycles. The van der Waals surface area contributed by atoms with Gasteiger partial charge in [-0.2, -0.15) is 0 Å². The third kappa shape index (κ3) is 18.0. The molecule has 24 heavy (non-hydrogen) atoms. The molecule has 0 saturated heterocycles. The summed E-state index contributed by atoms with van der Waals surface area (Å²) in [6.45, 7) is 9.29. The minimum atomic E-state index is 0.286. The van der Waals surface area contributed by atoms with Crippen molar-refractivity contribution in [1.82, 2.24) is 0 Å². The monoisotopic (exact) mass is 338 g/mol. The van der Waals surface area contributed by atoms with Gasteiger partial charge in [-0.25, -0.2) is 0 Å². The number of ether oxygens (including phenoxy) is 1. The summed E-state index contributed by atoms with van der Waals surface area (Å²) in [6, 6.07) is 0. The third-order valence-electron chi connectivity index (χ3n) is 4.93. The highest BCUT2D eigenvalue weighted by Gasteiger charge is 2.03.